The van der Waals surface area contributed by atoms with Crippen LogP contribution in [0.5, 0.6) is 0 Å². The molecule has 1 amide bonds. The topological polar surface area (TPSA) is 62.2 Å². The number of aromatic nitrogens is 1. The molecule has 0 aromatic carbocycles. The Morgan fingerprint density at radius 3 is 3.00 bits per heavy atom. The summed E-state index contributed by atoms with van der Waals surface area (Å²) in [5.74, 6) is 4.96. The van der Waals surface area contributed by atoms with Crippen LogP contribution in [-0.2, 0) is 6.54 Å². The molecule has 0 spiro atoms. The monoisotopic (exact) mass is 350 g/mol. The summed E-state index contributed by atoms with van der Waals surface area (Å²) < 4.78 is 1.02. The van der Waals surface area contributed by atoms with Gasteiger partial charge in [0.1, 0.15) is 12.3 Å². The number of thiophene rings is 1. The maximum absolute atomic E-state index is 12.1. The predicted octanol–water partition coefficient (Wildman–Crippen LogP) is 2.18. The lowest BCUT2D eigenvalue weighted by atomic mass is 10.2. The van der Waals surface area contributed by atoms with E-state index in [9.17, 15) is 4.79 Å². The summed E-state index contributed by atoms with van der Waals surface area (Å²) in [6, 6.07) is 7.28. The molecule has 0 saturated carbocycles. The third kappa shape index (κ3) is 3.90. The van der Waals surface area contributed by atoms with E-state index in [-0.39, 0.29) is 18.2 Å². The standard InChI is InChI=1S/C14H11BrN2O2S/c15-12-6-5-11(20-12)9-17-14(19)13-10(4-2-8-18)3-1-7-16-13/h1,3,5-7,18H,8-9H2,(H,17,19). The zero-order valence-electron chi connectivity index (χ0n) is 10.4. The van der Waals surface area contributed by atoms with Crippen LogP contribution in [0.2, 0.25) is 0 Å². The van der Waals surface area contributed by atoms with Gasteiger partial charge in [-0.15, -0.1) is 11.3 Å². The van der Waals surface area contributed by atoms with E-state index in [4.69, 9.17) is 5.11 Å². The highest BCUT2D eigenvalue weighted by atomic mass is 79.9. The average Bonchev–Trinajstić information content (AvgIpc) is 2.88. The Balaban J connectivity index is 2.09. The molecule has 0 saturated heterocycles. The zero-order chi connectivity index (χ0) is 14.4. The summed E-state index contributed by atoms with van der Waals surface area (Å²) in [6.07, 6.45) is 1.54. The lowest BCUT2D eigenvalue weighted by Gasteiger charge is -2.04. The average molecular weight is 351 g/mol. The van der Waals surface area contributed by atoms with Crippen LogP contribution in [0, 0.1) is 11.8 Å². The number of aliphatic hydroxyl groups excluding tert-OH is 1. The smallest absolute Gasteiger partial charge is 0.271 e. The molecule has 4 nitrogen and oxygen atoms in total. The molecule has 2 aromatic rings. The summed E-state index contributed by atoms with van der Waals surface area (Å²) in [4.78, 5) is 17.2. The molecular formula is C14H11BrN2O2S. The molecule has 0 fully saturated rings. The number of aliphatic hydroxyl groups is 1. The van der Waals surface area contributed by atoms with E-state index in [0.717, 1.165) is 8.66 Å². The summed E-state index contributed by atoms with van der Waals surface area (Å²) in [5, 5.41) is 11.5. The van der Waals surface area contributed by atoms with Gasteiger partial charge in [-0.3, -0.25) is 4.79 Å². The molecule has 2 heterocycles. The molecule has 0 unspecified atom stereocenters. The van der Waals surface area contributed by atoms with Crippen LogP contribution in [0.25, 0.3) is 0 Å². The first-order chi connectivity index (χ1) is 9.70. The van der Waals surface area contributed by atoms with E-state index < -0.39 is 0 Å². The minimum atomic E-state index is -0.280. The van der Waals surface area contributed by atoms with Crippen molar-refractivity contribution in [1.29, 1.82) is 0 Å². The SMILES string of the molecule is O=C(NCc1ccc(Br)s1)c1ncccc1C#CCO. The molecular weight excluding hydrogens is 340 g/mol. The molecule has 0 atom stereocenters. The molecule has 0 radical (unpaired) electrons. The van der Waals surface area contributed by atoms with Gasteiger partial charge in [0.2, 0.25) is 0 Å². The highest BCUT2D eigenvalue weighted by Gasteiger charge is 2.11. The van der Waals surface area contributed by atoms with Crippen LogP contribution in [0.1, 0.15) is 20.9 Å². The van der Waals surface area contributed by atoms with Gasteiger partial charge in [-0.2, -0.15) is 0 Å². The van der Waals surface area contributed by atoms with Gasteiger partial charge < -0.3 is 10.4 Å². The van der Waals surface area contributed by atoms with E-state index in [0.29, 0.717) is 12.1 Å². The summed E-state index contributed by atoms with van der Waals surface area (Å²) in [6.45, 7) is 0.192. The molecule has 0 aliphatic heterocycles. The van der Waals surface area contributed by atoms with Gasteiger partial charge in [0.25, 0.3) is 5.91 Å². The third-order valence-corrected chi connectivity index (χ3v) is 4.00. The molecule has 102 valence electrons. The number of pyridine rings is 1. The molecule has 0 aliphatic rings. The molecule has 2 aromatic heterocycles. The van der Waals surface area contributed by atoms with E-state index >= 15 is 0 Å². The van der Waals surface area contributed by atoms with Gasteiger partial charge >= 0.3 is 0 Å². The number of carbonyl (C=O) groups is 1. The quantitative estimate of drug-likeness (QED) is 0.834. The highest BCUT2D eigenvalue weighted by molar-refractivity contribution is 9.11. The van der Waals surface area contributed by atoms with Crippen LogP contribution in [0.4, 0.5) is 0 Å². The maximum Gasteiger partial charge on any atom is 0.271 e. The van der Waals surface area contributed by atoms with Crippen LogP contribution >= 0.6 is 27.3 Å². The van der Waals surface area contributed by atoms with Crippen molar-refractivity contribution in [2.45, 2.75) is 6.54 Å². The van der Waals surface area contributed by atoms with Crippen molar-refractivity contribution in [2.75, 3.05) is 6.61 Å². The first-order valence-electron chi connectivity index (χ1n) is 5.78. The van der Waals surface area contributed by atoms with Crippen LogP contribution in [0.15, 0.2) is 34.2 Å². The number of amides is 1. The largest absolute Gasteiger partial charge is 0.384 e. The van der Waals surface area contributed by atoms with Gasteiger partial charge in [-0.25, -0.2) is 4.98 Å². The maximum atomic E-state index is 12.1. The Bertz CT molecular complexity index is 673. The fraction of sp³-hybridized carbons (Fsp3) is 0.143. The van der Waals surface area contributed by atoms with Crippen molar-refractivity contribution in [2.24, 2.45) is 0 Å². The van der Waals surface area contributed by atoms with E-state index in [1.807, 2.05) is 12.1 Å². The van der Waals surface area contributed by atoms with Crippen LogP contribution in [0.3, 0.4) is 0 Å². The van der Waals surface area contributed by atoms with Crippen molar-refractivity contribution in [3.8, 4) is 11.8 Å². The van der Waals surface area contributed by atoms with E-state index in [2.05, 4.69) is 38.1 Å². The number of carbonyl (C=O) groups excluding carboxylic acids is 1. The minimum absolute atomic E-state index is 0.251. The molecule has 2 rings (SSSR count). The third-order valence-electron chi connectivity index (χ3n) is 2.38. The van der Waals surface area contributed by atoms with E-state index in [1.165, 1.54) is 0 Å². The summed E-state index contributed by atoms with van der Waals surface area (Å²) in [7, 11) is 0. The van der Waals surface area contributed by atoms with Gasteiger partial charge in [-0.05, 0) is 40.2 Å². The van der Waals surface area contributed by atoms with Gasteiger partial charge in [-0.1, -0.05) is 11.8 Å². The minimum Gasteiger partial charge on any atom is -0.384 e. The number of halogens is 1. The van der Waals surface area contributed by atoms with Crippen molar-refractivity contribution in [3.63, 3.8) is 0 Å². The normalized spacial score (nSPS) is 9.70. The Kier molecular flexibility index (Phi) is 5.30. The Hall–Kier alpha value is -1.68. The molecule has 0 bridgehead atoms. The molecule has 2 N–H and O–H groups in total. The summed E-state index contributed by atoms with van der Waals surface area (Å²) in [5.41, 5.74) is 0.774. The predicted molar refractivity (Wildman–Crippen MR) is 81.4 cm³/mol. The molecule has 20 heavy (non-hydrogen) atoms. The Labute approximate surface area is 129 Å². The number of nitrogens with one attached hydrogen (secondary N) is 1. The van der Waals surface area contributed by atoms with Crippen LogP contribution in [-0.4, -0.2) is 22.6 Å². The van der Waals surface area contributed by atoms with Gasteiger partial charge in [0.05, 0.1) is 15.9 Å². The zero-order valence-corrected chi connectivity index (χ0v) is 12.8. The number of hydrogen-bond donors (Lipinski definition) is 2. The van der Waals surface area contributed by atoms with Gasteiger partial charge in [0, 0.05) is 11.1 Å². The van der Waals surface area contributed by atoms with Gasteiger partial charge in [0.15, 0.2) is 0 Å². The van der Waals surface area contributed by atoms with Crippen molar-refractivity contribution in [3.05, 3.63) is 50.4 Å². The number of nitrogens with zero attached hydrogens (tertiary/aromatic N) is 1. The van der Waals surface area contributed by atoms with Crippen molar-refractivity contribution in [1.82, 2.24) is 10.3 Å². The van der Waals surface area contributed by atoms with Crippen molar-refractivity contribution >= 4 is 33.2 Å². The number of rotatable bonds is 3. The second-order valence-electron chi connectivity index (χ2n) is 3.75. The fourth-order valence-electron chi connectivity index (χ4n) is 1.52. The van der Waals surface area contributed by atoms with Crippen LogP contribution < -0.4 is 5.32 Å². The Morgan fingerprint density at radius 2 is 2.30 bits per heavy atom. The second kappa shape index (κ2) is 7.20. The van der Waals surface area contributed by atoms with E-state index in [1.54, 1.807) is 29.7 Å². The molecule has 6 heteroatoms. The fourth-order valence-corrected chi connectivity index (χ4v) is 2.94. The first-order valence-corrected chi connectivity index (χ1v) is 7.39. The lowest BCUT2D eigenvalue weighted by molar-refractivity contribution is 0.0946. The number of hydrogen-bond acceptors (Lipinski definition) is 4. The molecule has 0 aliphatic carbocycles. The Morgan fingerprint density at radius 1 is 1.45 bits per heavy atom. The highest BCUT2D eigenvalue weighted by Crippen LogP contribution is 2.21. The second-order valence-corrected chi connectivity index (χ2v) is 6.30. The lowest BCUT2D eigenvalue weighted by Crippen LogP contribution is -2.24. The van der Waals surface area contributed by atoms with Crippen molar-refractivity contribution < 1.29 is 9.90 Å². The summed E-state index contributed by atoms with van der Waals surface area (Å²) >= 11 is 4.94. The first kappa shape index (κ1) is 14.7.